The first kappa shape index (κ1) is 14.4. The standard InChI is InChI=1S/C9H20N2O3S/c1-4-8(3)9(12)10-6-7-11-15(13,14)5-2/h8,11H,4-7H2,1-3H3,(H,10,12). The summed E-state index contributed by atoms with van der Waals surface area (Å²) in [6.07, 6.45) is 0.784. The molecule has 0 aromatic rings. The fraction of sp³-hybridized carbons (Fsp3) is 0.889. The van der Waals surface area contributed by atoms with Gasteiger partial charge in [-0.2, -0.15) is 0 Å². The number of carbonyl (C=O) groups excluding carboxylic acids is 1. The van der Waals surface area contributed by atoms with Crippen LogP contribution in [0.3, 0.4) is 0 Å². The van der Waals surface area contributed by atoms with E-state index < -0.39 is 10.0 Å². The van der Waals surface area contributed by atoms with E-state index in [1.165, 1.54) is 0 Å². The van der Waals surface area contributed by atoms with Gasteiger partial charge in [0.25, 0.3) is 0 Å². The van der Waals surface area contributed by atoms with Gasteiger partial charge in [0.05, 0.1) is 5.75 Å². The molecular weight excluding hydrogens is 216 g/mol. The van der Waals surface area contributed by atoms with Crippen molar-refractivity contribution in [3.05, 3.63) is 0 Å². The van der Waals surface area contributed by atoms with Crippen LogP contribution in [-0.2, 0) is 14.8 Å². The van der Waals surface area contributed by atoms with Gasteiger partial charge in [0.15, 0.2) is 0 Å². The Hall–Kier alpha value is -0.620. The highest BCUT2D eigenvalue weighted by Crippen LogP contribution is 1.98. The minimum atomic E-state index is -3.14. The number of hydrogen-bond acceptors (Lipinski definition) is 3. The van der Waals surface area contributed by atoms with Crippen LogP contribution in [0.4, 0.5) is 0 Å². The van der Waals surface area contributed by atoms with Crippen LogP contribution in [0, 0.1) is 5.92 Å². The SMILES string of the molecule is CCC(C)C(=O)NCCNS(=O)(=O)CC. The van der Waals surface area contributed by atoms with Crippen molar-refractivity contribution in [3.8, 4) is 0 Å². The van der Waals surface area contributed by atoms with Crippen LogP contribution in [0.5, 0.6) is 0 Å². The largest absolute Gasteiger partial charge is 0.355 e. The smallest absolute Gasteiger partial charge is 0.222 e. The third-order valence-corrected chi connectivity index (χ3v) is 3.59. The molecule has 0 aromatic heterocycles. The maximum Gasteiger partial charge on any atom is 0.222 e. The molecule has 15 heavy (non-hydrogen) atoms. The topological polar surface area (TPSA) is 75.3 Å². The Bertz CT molecular complexity index is 288. The van der Waals surface area contributed by atoms with Gasteiger partial charge in [-0.25, -0.2) is 13.1 Å². The Morgan fingerprint density at radius 2 is 1.87 bits per heavy atom. The Morgan fingerprint density at radius 3 is 2.33 bits per heavy atom. The van der Waals surface area contributed by atoms with Crippen molar-refractivity contribution in [1.29, 1.82) is 0 Å². The second-order valence-corrected chi connectivity index (χ2v) is 5.49. The predicted molar refractivity (Wildman–Crippen MR) is 59.9 cm³/mol. The van der Waals surface area contributed by atoms with E-state index in [0.29, 0.717) is 6.54 Å². The van der Waals surface area contributed by atoms with E-state index in [0.717, 1.165) is 6.42 Å². The molecule has 90 valence electrons. The first-order valence-electron chi connectivity index (χ1n) is 5.18. The molecular formula is C9H20N2O3S. The molecule has 0 aliphatic rings. The van der Waals surface area contributed by atoms with Crippen molar-refractivity contribution in [2.24, 2.45) is 5.92 Å². The molecule has 0 rings (SSSR count). The van der Waals surface area contributed by atoms with E-state index in [9.17, 15) is 13.2 Å². The average molecular weight is 236 g/mol. The summed E-state index contributed by atoms with van der Waals surface area (Å²) < 4.78 is 24.4. The Balaban J connectivity index is 3.68. The van der Waals surface area contributed by atoms with Crippen LogP contribution in [0.25, 0.3) is 0 Å². The van der Waals surface area contributed by atoms with Crippen LogP contribution in [-0.4, -0.2) is 33.2 Å². The summed E-state index contributed by atoms with van der Waals surface area (Å²) in [6, 6.07) is 0. The average Bonchev–Trinajstić information content (AvgIpc) is 2.22. The van der Waals surface area contributed by atoms with Crippen LogP contribution >= 0.6 is 0 Å². The van der Waals surface area contributed by atoms with Gasteiger partial charge in [-0.3, -0.25) is 4.79 Å². The third kappa shape index (κ3) is 6.46. The van der Waals surface area contributed by atoms with Gasteiger partial charge in [0.1, 0.15) is 0 Å². The van der Waals surface area contributed by atoms with E-state index in [1.54, 1.807) is 6.92 Å². The second-order valence-electron chi connectivity index (χ2n) is 3.40. The molecule has 0 heterocycles. The molecule has 0 spiro atoms. The summed E-state index contributed by atoms with van der Waals surface area (Å²) in [5.41, 5.74) is 0. The van der Waals surface area contributed by atoms with Crippen molar-refractivity contribution >= 4 is 15.9 Å². The number of rotatable bonds is 7. The number of carbonyl (C=O) groups is 1. The minimum absolute atomic E-state index is 0.0206. The van der Waals surface area contributed by atoms with Crippen LogP contribution < -0.4 is 10.0 Å². The normalized spacial score (nSPS) is 13.5. The zero-order valence-corrected chi connectivity index (χ0v) is 10.4. The number of sulfonamides is 1. The van der Waals surface area contributed by atoms with Gasteiger partial charge < -0.3 is 5.32 Å². The molecule has 0 aliphatic carbocycles. The zero-order valence-electron chi connectivity index (χ0n) is 9.54. The summed E-state index contributed by atoms with van der Waals surface area (Å²) in [5, 5.41) is 2.66. The van der Waals surface area contributed by atoms with Gasteiger partial charge in [-0.15, -0.1) is 0 Å². The summed E-state index contributed by atoms with van der Waals surface area (Å²) in [7, 11) is -3.14. The van der Waals surface area contributed by atoms with Crippen molar-refractivity contribution in [1.82, 2.24) is 10.0 Å². The third-order valence-electron chi connectivity index (χ3n) is 2.19. The number of nitrogens with one attached hydrogen (secondary N) is 2. The maximum atomic E-state index is 11.3. The zero-order chi connectivity index (χ0) is 11.9. The lowest BCUT2D eigenvalue weighted by molar-refractivity contribution is -0.124. The quantitative estimate of drug-likeness (QED) is 0.615. The summed E-state index contributed by atoms with van der Waals surface area (Å²) in [5.74, 6) is 0.00717. The van der Waals surface area contributed by atoms with E-state index in [4.69, 9.17) is 0 Å². The van der Waals surface area contributed by atoms with Crippen molar-refractivity contribution in [2.75, 3.05) is 18.8 Å². The Morgan fingerprint density at radius 1 is 1.27 bits per heavy atom. The Kier molecular flexibility index (Phi) is 6.51. The molecule has 0 radical (unpaired) electrons. The molecule has 5 nitrogen and oxygen atoms in total. The highest BCUT2D eigenvalue weighted by molar-refractivity contribution is 7.89. The van der Waals surface area contributed by atoms with Crippen LogP contribution in [0.1, 0.15) is 27.2 Å². The molecule has 0 fully saturated rings. The van der Waals surface area contributed by atoms with Gasteiger partial charge >= 0.3 is 0 Å². The first-order chi connectivity index (χ1) is 6.93. The van der Waals surface area contributed by atoms with E-state index in [2.05, 4.69) is 10.0 Å². The lowest BCUT2D eigenvalue weighted by atomic mass is 10.1. The summed E-state index contributed by atoms with van der Waals surface area (Å²) >= 11 is 0. The van der Waals surface area contributed by atoms with Gasteiger partial charge in [0, 0.05) is 19.0 Å². The van der Waals surface area contributed by atoms with Crippen molar-refractivity contribution in [2.45, 2.75) is 27.2 Å². The van der Waals surface area contributed by atoms with Crippen molar-refractivity contribution < 1.29 is 13.2 Å². The Labute approximate surface area is 91.7 Å². The lowest BCUT2D eigenvalue weighted by Crippen LogP contribution is -2.37. The molecule has 0 saturated carbocycles. The minimum Gasteiger partial charge on any atom is -0.355 e. The molecule has 1 atom stereocenters. The fourth-order valence-corrected chi connectivity index (χ4v) is 1.47. The monoisotopic (exact) mass is 236 g/mol. The molecule has 6 heteroatoms. The summed E-state index contributed by atoms with van der Waals surface area (Å²) in [6.45, 7) is 5.93. The number of hydrogen-bond donors (Lipinski definition) is 2. The van der Waals surface area contributed by atoms with E-state index in [-0.39, 0.29) is 24.1 Å². The van der Waals surface area contributed by atoms with Gasteiger partial charge in [0.2, 0.25) is 15.9 Å². The fourth-order valence-electron chi connectivity index (χ4n) is 0.854. The molecule has 2 N–H and O–H groups in total. The molecule has 0 bridgehead atoms. The second kappa shape index (κ2) is 6.79. The van der Waals surface area contributed by atoms with Crippen LogP contribution in [0.2, 0.25) is 0 Å². The maximum absolute atomic E-state index is 11.3. The molecule has 0 aliphatic heterocycles. The molecule has 0 aromatic carbocycles. The van der Waals surface area contributed by atoms with E-state index >= 15 is 0 Å². The predicted octanol–water partition coefficient (Wildman–Crippen LogP) is 0.0880. The first-order valence-corrected chi connectivity index (χ1v) is 6.83. The van der Waals surface area contributed by atoms with Gasteiger partial charge in [-0.1, -0.05) is 13.8 Å². The highest BCUT2D eigenvalue weighted by atomic mass is 32.2. The molecule has 1 amide bonds. The van der Waals surface area contributed by atoms with Gasteiger partial charge in [-0.05, 0) is 13.3 Å². The van der Waals surface area contributed by atoms with Crippen LogP contribution in [0.15, 0.2) is 0 Å². The molecule has 1 unspecified atom stereocenters. The molecule has 0 saturated heterocycles. The van der Waals surface area contributed by atoms with Crippen molar-refractivity contribution in [3.63, 3.8) is 0 Å². The van der Waals surface area contributed by atoms with E-state index in [1.807, 2.05) is 13.8 Å². The summed E-state index contributed by atoms with van der Waals surface area (Å²) in [4.78, 5) is 11.3. The lowest BCUT2D eigenvalue weighted by Gasteiger charge is -2.10. The highest BCUT2D eigenvalue weighted by Gasteiger charge is 2.10. The number of amides is 1.